The minimum Gasteiger partial charge on any atom is -0.463 e. The van der Waals surface area contributed by atoms with Crippen LogP contribution >= 0.6 is 0 Å². The van der Waals surface area contributed by atoms with E-state index in [1.54, 1.807) is 31.2 Å². The molecular weight excluding hydrogens is 233 g/mol. The van der Waals surface area contributed by atoms with Gasteiger partial charge in [-0.1, -0.05) is 18.2 Å². The number of ether oxygens (including phenoxy) is 1. The molecule has 0 aliphatic rings. The molecule has 0 amide bonds. The average molecular weight is 249 g/mol. The Hall–Kier alpha value is -2.10. The standard InChI is InChI=1S/C14H16FNO2/c1-3-9-16-13(10-14(17)18-4-2)11-7-5-6-8-12(11)15/h3,5-8,10,16H,1,4,9H2,2H3/b13-10-. The summed E-state index contributed by atoms with van der Waals surface area (Å²) in [5.41, 5.74) is 0.707. The van der Waals surface area contributed by atoms with Crippen LogP contribution < -0.4 is 5.32 Å². The smallest absolute Gasteiger partial charge is 0.332 e. The molecule has 1 aromatic rings. The molecule has 1 rings (SSSR count). The van der Waals surface area contributed by atoms with Gasteiger partial charge in [-0.3, -0.25) is 0 Å². The summed E-state index contributed by atoms with van der Waals surface area (Å²) in [4.78, 5) is 11.4. The molecular formula is C14H16FNO2. The zero-order chi connectivity index (χ0) is 13.4. The van der Waals surface area contributed by atoms with Crippen LogP contribution in [0.5, 0.6) is 0 Å². The summed E-state index contributed by atoms with van der Waals surface area (Å²) in [6, 6.07) is 6.22. The molecule has 3 nitrogen and oxygen atoms in total. The topological polar surface area (TPSA) is 38.3 Å². The molecule has 1 aromatic carbocycles. The van der Waals surface area contributed by atoms with Gasteiger partial charge in [0.15, 0.2) is 0 Å². The maximum atomic E-state index is 13.6. The number of nitrogens with one attached hydrogen (secondary N) is 1. The second-order valence-corrected chi connectivity index (χ2v) is 3.46. The van der Waals surface area contributed by atoms with Crippen molar-refractivity contribution in [2.75, 3.05) is 13.2 Å². The molecule has 0 fully saturated rings. The monoisotopic (exact) mass is 249 g/mol. The van der Waals surface area contributed by atoms with Crippen LogP contribution in [0.2, 0.25) is 0 Å². The Morgan fingerprint density at radius 1 is 1.50 bits per heavy atom. The fourth-order valence-electron chi connectivity index (χ4n) is 1.39. The maximum Gasteiger partial charge on any atom is 0.332 e. The highest BCUT2D eigenvalue weighted by molar-refractivity contribution is 5.91. The normalized spacial score (nSPS) is 10.9. The van der Waals surface area contributed by atoms with Gasteiger partial charge in [0.2, 0.25) is 0 Å². The molecule has 0 heterocycles. The Bertz CT molecular complexity index is 455. The third kappa shape index (κ3) is 4.05. The van der Waals surface area contributed by atoms with Crippen LogP contribution in [0, 0.1) is 5.82 Å². The Labute approximate surface area is 106 Å². The number of esters is 1. The summed E-state index contributed by atoms with van der Waals surface area (Å²) in [6.07, 6.45) is 2.87. The number of benzene rings is 1. The first-order valence-corrected chi connectivity index (χ1v) is 5.67. The van der Waals surface area contributed by atoms with Crippen molar-refractivity contribution >= 4 is 11.7 Å². The van der Waals surface area contributed by atoms with E-state index >= 15 is 0 Å². The summed E-state index contributed by atoms with van der Waals surface area (Å²) in [6.45, 7) is 5.99. The van der Waals surface area contributed by atoms with Crippen molar-refractivity contribution in [3.8, 4) is 0 Å². The predicted molar refractivity (Wildman–Crippen MR) is 69.2 cm³/mol. The second kappa shape index (κ2) is 7.27. The fourth-order valence-corrected chi connectivity index (χ4v) is 1.39. The van der Waals surface area contributed by atoms with Gasteiger partial charge in [-0.15, -0.1) is 6.58 Å². The first kappa shape index (κ1) is 14.0. The van der Waals surface area contributed by atoms with Gasteiger partial charge < -0.3 is 10.1 Å². The third-order valence-electron chi connectivity index (χ3n) is 2.15. The number of carbonyl (C=O) groups is 1. The lowest BCUT2D eigenvalue weighted by atomic mass is 10.1. The van der Waals surface area contributed by atoms with E-state index in [2.05, 4.69) is 11.9 Å². The molecule has 18 heavy (non-hydrogen) atoms. The van der Waals surface area contributed by atoms with Gasteiger partial charge in [0.25, 0.3) is 0 Å². The summed E-state index contributed by atoms with van der Waals surface area (Å²) in [5, 5.41) is 2.92. The van der Waals surface area contributed by atoms with Crippen LogP contribution in [-0.2, 0) is 9.53 Å². The third-order valence-corrected chi connectivity index (χ3v) is 2.15. The molecule has 0 bridgehead atoms. The van der Waals surface area contributed by atoms with E-state index in [0.29, 0.717) is 17.8 Å². The van der Waals surface area contributed by atoms with Gasteiger partial charge in [0.05, 0.1) is 12.3 Å². The van der Waals surface area contributed by atoms with Gasteiger partial charge in [-0.05, 0) is 19.1 Å². The molecule has 0 saturated heterocycles. The molecule has 0 aromatic heterocycles. The van der Waals surface area contributed by atoms with E-state index in [0.717, 1.165) is 0 Å². The molecule has 1 N–H and O–H groups in total. The van der Waals surface area contributed by atoms with Crippen molar-refractivity contribution in [3.05, 3.63) is 54.4 Å². The first-order valence-electron chi connectivity index (χ1n) is 5.67. The van der Waals surface area contributed by atoms with Crippen molar-refractivity contribution in [2.24, 2.45) is 0 Å². The van der Waals surface area contributed by atoms with E-state index in [4.69, 9.17) is 4.74 Å². The van der Waals surface area contributed by atoms with Gasteiger partial charge in [-0.2, -0.15) is 0 Å². The highest BCUT2D eigenvalue weighted by Gasteiger charge is 2.09. The lowest BCUT2D eigenvalue weighted by Gasteiger charge is -2.10. The minimum atomic E-state index is -0.507. The van der Waals surface area contributed by atoms with Gasteiger partial charge in [0.1, 0.15) is 5.82 Å². The SMILES string of the molecule is C=CCN/C(=C\C(=O)OCC)c1ccccc1F. The Morgan fingerprint density at radius 2 is 2.22 bits per heavy atom. The molecule has 0 spiro atoms. The van der Waals surface area contributed by atoms with Crippen molar-refractivity contribution < 1.29 is 13.9 Å². The number of carbonyl (C=O) groups excluding carboxylic acids is 1. The number of halogens is 1. The highest BCUT2D eigenvalue weighted by atomic mass is 19.1. The molecule has 96 valence electrons. The molecule has 0 unspecified atom stereocenters. The van der Waals surface area contributed by atoms with Crippen LogP contribution in [0.25, 0.3) is 5.70 Å². The molecule has 4 heteroatoms. The average Bonchev–Trinajstić information content (AvgIpc) is 2.35. The van der Waals surface area contributed by atoms with Gasteiger partial charge in [-0.25, -0.2) is 9.18 Å². The van der Waals surface area contributed by atoms with E-state index in [1.165, 1.54) is 12.1 Å². The zero-order valence-corrected chi connectivity index (χ0v) is 10.3. The second-order valence-electron chi connectivity index (χ2n) is 3.46. The highest BCUT2D eigenvalue weighted by Crippen LogP contribution is 2.15. The van der Waals surface area contributed by atoms with E-state index in [1.807, 2.05) is 0 Å². The first-order chi connectivity index (χ1) is 8.69. The Balaban J connectivity index is 3.01. The minimum absolute atomic E-state index is 0.279. The summed E-state index contributed by atoms with van der Waals surface area (Å²) >= 11 is 0. The maximum absolute atomic E-state index is 13.6. The largest absolute Gasteiger partial charge is 0.463 e. The molecule has 0 saturated carbocycles. The van der Waals surface area contributed by atoms with Crippen molar-refractivity contribution in [2.45, 2.75) is 6.92 Å². The van der Waals surface area contributed by atoms with Crippen LogP contribution in [0.4, 0.5) is 4.39 Å². The number of hydrogen-bond donors (Lipinski definition) is 1. The quantitative estimate of drug-likeness (QED) is 0.478. The van der Waals surface area contributed by atoms with Gasteiger partial charge in [0, 0.05) is 18.2 Å². The predicted octanol–water partition coefficient (Wildman–Crippen LogP) is 2.51. The number of hydrogen-bond acceptors (Lipinski definition) is 3. The summed E-state index contributed by atoms with van der Waals surface area (Å²) < 4.78 is 18.5. The Morgan fingerprint density at radius 3 is 2.83 bits per heavy atom. The van der Waals surface area contributed by atoms with E-state index in [-0.39, 0.29) is 6.61 Å². The van der Waals surface area contributed by atoms with Crippen LogP contribution in [-0.4, -0.2) is 19.1 Å². The zero-order valence-electron chi connectivity index (χ0n) is 10.3. The van der Waals surface area contributed by atoms with Crippen molar-refractivity contribution in [3.63, 3.8) is 0 Å². The molecule has 0 atom stereocenters. The van der Waals surface area contributed by atoms with Crippen LogP contribution in [0.3, 0.4) is 0 Å². The molecule has 0 radical (unpaired) electrons. The van der Waals surface area contributed by atoms with Crippen molar-refractivity contribution in [1.82, 2.24) is 5.32 Å². The summed E-state index contributed by atoms with van der Waals surface area (Å²) in [7, 11) is 0. The van der Waals surface area contributed by atoms with Crippen molar-refractivity contribution in [1.29, 1.82) is 0 Å². The van der Waals surface area contributed by atoms with Crippen LogP contribution in [0.15, 0.2) is 43.0 Å². The van der Waals surface area contributed by atoms with E-state index in [9.17, 15) is 9.18 Å². The van der Waals surface area contributed by atoms with Crippen LogP contribution in [0.1, 0.15) is 12.5 Å². The fraction of sp³-hybridized carbons (Fsp3) is 0.214. The number of rotatable bonds is 6. The lowest BCUT2D eigenvalue weighted by molar-refractivity contribution is -0.137. The van der Waals surface area contributed by atoms with E-state index < -0.39 is 11.8 Å². The summed E-state index contributed by atoms with van der Waals surface area (Å²) in [5.74, 6) is -0.906. The molecule has 0 aliphatic heterocycles. The molecule has 0 aliphatic carbocycles. The Kier molecular flexibility index (Phi) is 5.64. The lowest BCUT2D eigenvalue weighted by Crippen LogP contribution is -2.15. The van der Waals surface area contributed by atoms with Gasteiger partial charge >= 0.3 is 5.97 Å².